The number of rotatable bonds is 5. The summed E-state index contributed by atoms with van der Waals surface area (Å²) < 4.78 is 0. The van der Waals surface area contributed by atoms with Crippen molar-refractivity contribution < 1.29 is 14.5 Å². The van der Waals surface area contributed by atoms with Gasteiger partial charge in [-0.2, -0.15) is 0 Å². The molecule has 0 bridgehead atoms. The Morgan fingerprint density at radius 3 is 2.29 bits per heavy atom. The quantitative estimate of drug-likeness (QED) is 0.277. The maximum atomic E-state index is 11.4. The smallest absolute Gasteiger partial charge is 0.270 e. The summed E-state index contributed by atoms with van der Waals surface area (Å²) in [6, 6.07) is 14.9. The Kier molecular flexibility index (Phi) is 4.36. The monoisotopic (exact) mass is 281 g/mol. The van der Waals surface area contributed by atoms with Crippen molar-refractivity contribution in [2.24, 2.45) is 0 Å². The van der Waals surface area contributed by atoms with Crippen LogP contribution < -0.4 is 0 Å². The fraction of sp³-hybridized carbons (Fsp3) is 0. The number of benzene rings is 2. The van der Waals surface area contributed by atoms with Crippen molar-refractivity contribution >= 4 is 23.3 Å². The minimum absolute atomic E-state index is 0.0760. The van der Waals surface area contributed by atoms with Crippen LogP contribution in [0.3, 0.4) is 0 Å². The summed E-state index contributed by atoms with van der Waals surface area (Å²) in [5.74, 6) is -0.694. The van der Waals surface area contributed by atoms with Crippen LogP contribution in [0.5, 0.6) is 0 Å². The number of nitrogens with zero attached hydrogens (tertiary/aromatic N) is 1. The second kappa shape index (κ2) is 6.38. The van der Waals surface area contributed by atoms with Crippen molar-refractivity contribution in [3.63, 3.8) is 0 Å². The Morgan fingerprint density at radius 1 is 1.00 bits per heavy atom. The van der Waals surface area contributed by atoms with E-state index in [2.05, 4.69) is 0 Å². The highest BCUT2D eigenvalue weighted by Crippen LogP contribution is 2.26. The number of non-ortho nitro benzene ring substituents is 1. The maximum Gasteiger partial charge on any atom is 0.270 e. The highest BCUT2D eigenvalue weighted by Gasteiger charge is 2.11. The van der Waals surface area contributed by atoms with E-state index in [1.54, 1.807) is 30.3 Å². The minimum atomic E-state index is -0.694. The molecule has 2 aromatic carbocycles. The molecule has 0 aliphatic rings. The zero-order valence-electron chi connectivity index (χ0n) is 10.9. The van der Waals surface area contributed by atoms with Crippen LogP contribution >= 0.6 is 0 Å². The van der Waals surface area contributed by atoms with Gasteiger partial charge in [0.15, 0.2) is 6.29 Å². The van der Waals surface area contributed by atoms with Gasteiger partial charge in [-0.3, -0.25) is 19.7 Å². The van der Waals surface area contributed by atoms with Gasteiger partial charge in [-0.15, -0.1) is 0 Å². The largest absolute Gasteiger partial charge is 0.294 e. The molecule has 0 spiro atoms. The molecule has 0 heterocycles. The van der Waals surface area contributed by atoms with Gasteiger partial charge in [-0.05, 0) is 22.8 Å². The number of hydrogen-bond donors (Lipinski definition) is 0. The Bertz CT molecular complexity index is 720. The summed E-state index contributed by atoms with van der Waals surface area (Å²) in [4.78, 5) is 32.3. The highest BCUT2D eigenvalue weighted by molar-refractivity contribution is 6.32. The van der Waals surface area contributed by atoms with Gasteiger partial charge in [0.05, 0.1) is 4.92 Å². The van der Waals surface area contributed by atoms with E-state index in [0.29, 0.717) is 16.7 Å². The Morgan fingerprint density at radius 2 is 1.67 bits per heavy atom. The first-order valence-electron chi connectivity index (χ1n) is 6.13. The van der Waals surface area contributed by atoms with E-state index in [0.717, 1.165) is 0 Å². The Balaban J connectivity index is 2.58. The van der Waals surface area contributed by atoms with E-state index in [4.69, 9.17) is 0 Å². The molecule has 21 heavy (non-hydrogen) atoms. The highest BCUT2D eigenvalue weighted by atomic mass is 16.6. The zero-order valence-corrected chi connectivity index (χ0v) is 10.9. The number of nitro benzene ring substituents is 1. The summed E-state index contributed by atoms with van der Waals surface area (Å²) in [6.07, 6.45) is 1.39. The molecule has 0 N–H and O–H groups in total. The number of hydrogen-bond acceptors (Lipinski definition) is 4. The van der Waals surface area contributed by atoms with Gasteiger partial charge in [0.1, 0.15) is 0 Å². The molecule has 0 aliphatic carbocycles. The lowest BCUT2D eigenvalue weighted by Crippen LogP contribution is -1.98. The first-order valence-corrected chi connectivity index (χ1v) is 6.13. The van der Waals surface area contributed by atoms with Crippen LogP contribution in [-0.2, 0) is 9.59 Å². The van der Waals surface area contributed by atoms with Crippen molar-refractivity contribution in [2.75, 3.05) is 0 Å². The summed E-state index contributed by atoms with van der Waals surface area (Å²) in [5.41, 5.74) is 1.60. The predicted octanol–water partition coefficient (Wildman–Crippen LogP) is 2.79. The van der Waals surface area contributed by atoms with Gasteiger partial charge < -0.3 is 0 Å². The third-order valence-corrected chi connectivity index (χ3v) is 2.86. The number of aldehydes is 1. The number of nitro groups is 1. The number of carbonyl (C=O) groups excluding carboxylic acids is 2. The molecule has 0 atom stereocenters. The molecule has 5 nitrogen and oxygen atoms in total. The third kappa shape index (κ3) is 3.48. The van der Waals surface area contributed by atoms with E-state index in [1.165, 1.54) is 24.3 Å². The molecule has 5 heteroatoms. The van der Waals surface area contributed by atoms with E-state index < -0.39 is 10.7 Å². The van der Waals surface area contributed by atoms with Crippen molar-refractivity contribution in [3.05, 3.63) is 81.9 Å². The van der Waals surface area contributed by atoms with Crippen molar-refractivity contribution in [2.45, 2.75) is 0 Å². The number of ketones is 1. The molecule has 0 radical (unpaired) electrons. The Labute approximate surface area is 120 Å². The zero-order chi connectivity index (χ0) is 15.2. The van der Waals surface area contributed by atoms with Crippen LogP contribution in [0.25, 0.3) is 5.57 Å². The predicted molar refractivity (Wildman–Crippen MR) is 77.7 cm³/mol. The second-order valence-corrected chi connectivity index (χ2v) is 4.25. The van der Waals surface area contributed by atoms with Gasteiger partial charge in [0.2, 0.25) is 5.78 Å². The fourth-order valence-corrected chi connectivity index (χ4v) is 1.91. The van der Waals surface area contributed by atoms with Crippen molar-refractivity contribution in [3.8, 4) is 0 Å². The second-order valence-electron chi connectivity index (χ2n) is 4.25. The van der Waals surface area contributed by atoms with Gasteiger partial charge in [0.25, 0.3) is 5.69 Å². The molecule has 0 aromatic heterocycles. The third-order valence-electron chi connectivity index (χ3n) is 2.86. The first-order chi connectivity index (χ1) is 10.1. The SMILES string of the molecule is O=CC(=O)C=C(c1ccccc1)c1cccc([N+](=O)[O-])c1. The van der Waals surface area contributed by atoms with E-state index in [-0.39, 0.29) is 12.0 Å². The van der Waals surface area contributed by atoms with Gasteiger partial charge >= 0.3 is 0 Å². The van der Waals surface area contributed by atoms with Crippen molar-refractivity contribution in [1.29, 1.82) is 0 Å². The number of allylic oxidation sites excluding steroid dienone is 1. The minimum Gasteiger partial charge on any atom is -0.294 e. The summed E-state index contributed by atoms with van der Waals surface area (Å²) in [5, 5.41) is 10.9. The van der Waals surface area contributed by atoms with Gasteiger partial charge in [0, 0.05) is 12.1 Å². The van der Waals surface area contributed by atoms with Crippen LogP contribution in [0.4, 0.5) is 5.69 Å². The van der Waals surface area contributed by atoms with Gasteiger partial charge in [-0.1, -0.05) is 42.5 Å². The standard InChI is InChI=1S/C16H11NO4/c18-11-15(19)10-16(12-5-2-1-3-6-12)13-7-4-8-14(9-13)17(20)21/h1-11H. The molecule has 0 amide bonds. The van der Waals surface area contributed by atoms with E-state index in [9.17, 15) is 19.7 Å². The summed E-state index contributed by atoms with van der Waals surface area (Å²) in [6.45, 7) is 0. The Hall–Kier alpha value is -3.08. The molecule has 0 aliphatic heterocycles. The lowest BCUT2D eigenvalue weighted by atomic mass is 9.96. The van der Waals surface area contributed by atoms with Crippen LogP contribution in [-0.4, -0.2) is 17.0 Å². The van der Waals surface area contributed by atoms with Crippen LogP contribution in [0.1, 0.15) is 11.1 Å². The molecule has 0 unspecified atom stereocenters. The lowest BCUT2D eigenvalue weighted by molar-refractivity contribution is -0.384. The molecule has 0 fully saturated rings. The van der Waals surface area contributed by atoms with Gasteiger partial charge in [-0.25, -0.2) is 0 Å². The van der Waals surface area contributed by atoms with Crippen LogP contribution in [0, 0.1) is 10.1 Å². The summed E-state index contributed by atoms with van der Waals surface area (Å²) >= 11 is 0. The maximum absolute atomic E-state index is 11.4. The topological polar surface area (TPSA) is 77.3 Å². The normalized spacial score (nSPS) is 11.0. The van der Waals surface area contributed by atoms with Crippen LogP contribution in [0.2, 0.25) is 0 Å². The molecular formula is C16H11NO4. The number of carbonyl (C=O) groups is 2. The molecular weight excluding hydrogens is 270 g/mol. The average molecular weight is 281 g/mol. The van der Waals surface area contributed by atoms with Crippen LogP contribution in [0.15, 0.2) is 60.7 Å². The molecule has 0 saturated carbocycles. The summed E-state index contributed by atoms with van der Waals surface area (Å²) in [7, 11) is 0. The van der Waals surface area contributed by atoms with E-state index in [1.807, 2.05) is 6.07 Å². The first kappa shape index (κ1) is 14.3. The van der Waals surface area contributed by atoms with Crippen molar-refractivity contribution in [1.82, 2.24) is 0 Å². The molecule has 0 saturated heterocycles. The average Bonchev–Trinajstić information content (AvgIpc) is 2.53. The molecule has 2 aromatic rings. The fourth-order valence-electron chi connectivity index (χ4n) is 1.91. The molecule has 2 rings (SSSR count). The molecule has 104 valence electrons. The lowest BCUT2D eigenvalue weighted by Gasteiger charge is -2.07. The van der Waals surface area contributed by atoms with E-state index >= 15 is 0 Å².